The van der Waals surface area contributed by atoms with Crippen molar-refractivity contribution in [2.75, 3.05) is 0 Å². The second-order valence-corrected chi connectivity index (χ2v) is 6.87. The number of aryl methyl sites for hydroxylation is 1. The van der Waals surface area contributed by atoms with E-state index in [2.05, 4.69) is 6.92 Å². The van der Waals surface area contributed by atoms with Crippen molar-refractivity contribution in [3.05, 3.63) is 58.9 Å². The lowest BCUT2D eigenvalue weighted by atomic mass is 10.00. The van der Waals surface area contributed by atoms with Gasteiger partial charge in [0, 0.05) is 17.8 Å². The number of ketones is 1. The fraction of sp³-hybridized carbons (Fsp3) is 0.429. The van der Waals surface area contributed by atoms with Crippen LogP contribution in [-0.4, -0.2) is 22.4 Å². The number of aromatic nitrogens is 1. The molecule has 0 N–H and O–H groups in total. The van der Waals surface area contributed by atoms with E-state index >= 15 is 0 Å². The minimum Gasteiger partial charge on any atom is -0.462 e. The summed E-state index contributed by atoms with van der Waals surface area (Å²) in [4.78, 5) is 25.5. The minimum absolute atomic E-state index is 0.0353. The summed E-state index contributed by atoms with van der Waals surface area (Å²) in [6.07, 6.45) is 2.36. The molecule has 132 valence electrons. The SMILES string of the molecule is CCCc1cc2n(c1C(=O)c1ccccc1)CCC2C(=O)OC(C)C. The summed E-state index contributed by atoms with van der Waals surface area (Å²) in [5, 5.41) is 0. The third-order valence-electron chi connectivity index (χ3n) is 4.61. The lowest BCUT2D eigenvalue weighted by Crippen LogP contribution is -2.18. The lowest BCUT2D eigenvalue weighted by Gasteiger charge is -2.12. The Morgan fingerprint density at radius 3 is 2.60 bits per heavy atom. The van der Waals surface area contributed by atoms with E-state index in [-0.39, 0.29) is 23.8 Å². The number of benzene rings is 1. The first-order chi connectivity index (χ1) is 12.0. The zero-order valence-electron chi connectivity index (χ0n) is 15.1. The van der Waals surface area contributed by atoms with Crippen molar-refractivity contribution in [3.63, 3.8) is 0 Å². The molecule has 0 fully saturated rings. The molecule has 0 amide bonds. The van der Waals surface area contributed by atoms with Crippen molar-refractivity contribution in [1.82, 2.24) is 4.57 Å². The number of esters is 1. The Labute approximate surface area is 148 Å². The Morgan fingerprint density at radius 1 is 1.24 bits per heavy atom. The van der Waals surface area contributed by atoms with Gasteiger partial charge in [-0.15, -0.1) is 0 Å². The molecule has 0 spiro atoms. The standard InChI is InChI=1S/C21H25NO3/c1-4-8-16-13-18-17(21(24)25-14(2)3)11-12-22(18)19(16)20(23)15-9-6-5-7-10-15/h5-7,9-10,13-14,17H,4,8,11-12H2,1-3H3. The van der Waals surface area contributed by atoms with E-state index in [9.17, 15) is 9.59 Å². The number of hydrogen-bond donors (Lipinski definition) is 0. The van der Waals surface area contributed by atoms with Crippen molar-refractivity contribution in [2.45, 2.75) is 58.6 Å². The van der Waals surface area contributed by atoms with E-state index in [1.54, 1.807) is 0 Å². The van der Waals surface area contributed by atoms with Crippen molar-refractivity contribution in [1.29, 1.82) is 0 Å². The molecule has 2 aromatic rings. The van der Waals surface area contributed by atoms with Crippen molar-refractivity contribution in [2.24, 2.45) is 0 Å². The van der Waals surface area contributed by atoms with Crippen molar-refractivity contribution in [3.8, 4) is 0 Å². The van der Waals surface area contributed by atoms with Crippen LogP contribution in [0.4, 0.5) is 0 Å². The smallest absolute Gasteiger partial charge is 0.315 e. The summed E-state index contributed by atoms with van der Waals surface area (Å²) >= 11 is 0. The third-order valence-corrected chi connectivity index (χ3v) is 4.61. The van der Waals surface area contributed by atoms with Gasteiger partial charge >= 0.3 is 5.97 Å². The first kappa shape index (κ1) is 17.5. The molecule has 0 radical (unpaired) electrons. The van der Waals surface area contributed by atoms with E-state index in [0.717, 1.165) is 29.8 Å². The number of carbonyl (C=O) groups excluding carboxylic acids is 2. The van der Waals surface area contributed by atoms with Gasteiger partial charge in [-0.25, -0.2) is 0 Å². The van der Waals surface area contributed by atoms with E-state index < -0.39 is 0 Å². The molecular weight excluding hydrogens is 314 g/mol. The number of rotatable bonds is 6. The monoisotopic (exact) mass is 339 g/mol. The average Bonchev–Trinajstić information content (AvgIpc) is 3.13. The van der Waals surface area contributed by atoms with Crippen molar-refractivity contribution >= 4 is 11.8 Å². The van der Waals surface area contributed by atoms with E-state index in [1.165, 1.54) is 0 Å². The largest absolute Gasteiger partial charge is 0.462 e. The normalized spacial score (nSPS) is 16.1. The van der Waals surface area contributed by atoms with Crippen LogP contribution in [0.5, 0.6) is 0 Å². The highest BCUT2D eigenvalue weighted by Gasteiger charge is 2.35. The zero-order chi connectivity index (χ0) is 18.0. The van der Waals surface area contributed by atoms with Gasteiger partial charge in [-0.05, 0) is 38.3 Å². The molecule has 4 heteroatoms. The maximum atomic E-state index is 13.1. The van der Waals surface area contributed by atoms with E-state index in [1.807, 2.05) is 54.8 Å². The summed E-state index contributed by atoms with van der Waals surface area (Å²) in [6, 6.07) is 11.4. The van der Waals surface area contributed by atoms with Gasteiger partial charge in [0.1, 0.15) is 0 Å². The summed E-state index contributed by atoms with van der Waals surface area (Å²) in [6.45, 7) is 6.51. The van der Waals surface area contributed by atoms with Crippen LogP contribution < -0.4 is 0 Å². The molecule has 1 aliphatic rings. The highest BCUT2D eigenvalue weighted by molar-refractivity contribution is 6.09. The van der Waals surface area contributed by atoms with Gasteiger partial charge in [-0.2, -0.15) is 0 Å². The van der Waals surface area contributed by atoms with Crippen LogP contribution in [0.15, 0.2) is 36.4 Å². The molecule has 1 aromatic heterocycles. The van der Waals surface area contributed by atoms with Crippen LogP contribution in [0.3, 0.4) is 0 Å². The molecule has 1 atom stereocenters. The van der Waals surface area contributed by atoms with Gasteiger partial charge in [0.15, 0.2) is 0 Å². The molecule has 25 heavy (non-hydrogen) atoms. The van der Waals surface area contributed by atoms with Gasteiger partial charge in [0.2, 0.25) is 5.78 Å². The fourth-order valence-corrected chi connectivity index (χ4v) is 3.57. The van der Waals surface area contributed by atoms with Crippen LogP contribution in [0.1, 0.15) is 66.8 Å². The molecule has 1 aliphatic heterocycles. The molecule has 2 heterocycles. The Balaban J connectivity index is 2.00. The summed E-state index contributed by atoms with van der Waals surface area (Å²) in [5.74, 6) is -0.420. The van der Waals surface area contributed by atoms with Crippen LogP contribution >= 0.6 is 0 Å². The topological polar surface area (TPSA) is 48.3 Å². The molecule has 0 aliphatic carbocycles. The fourth-order valence-electron chi connectivity index (χ4n) is 3.57. The number of carbonyl (C=O) groups is 2. The molecule has 3 rings (SSSR count). The van der Waals surface area contributed by atoms with Gasteiger partial charge in [-0.1, -0.05) is 43.7 Å². The van der Waals surface area contributed by atoms with E-state index in [0.29, 0.717) is 18.5 Å². The Kier molecular flexibility index (Phi) is 5.07. The first-order valence-electron chi connectivity index (χ1n) is 9.05. The Hall–Kier alpha value is -2.36. The quantitative estimate of drug-likeness (QED) is 0.588. The molecule has 0 saturated carbocycles. The maximum absolute atomic E-state index is 13.1. The highest BCUT2D eigenvalue weighted by atomic mass is 16.5. The highest BCUT2D eigenvalue weighted by Crippen LogP contribution is 2.35. The molecule has 0 saturated heterocycles. The predicted molar refractivity (Wildman–Crippen MR) is 96.9 cm³/mol. The van der Waals surface area contributed by atoms with E-state index in [4.69, 9.17) is 4.74 Å². The lowest BCUT2D eigenvalue weighted by molar-refractivity contribution is -0.149. The van der Waals surface area contributed by atoms with Crippen LogP contribution in [-0.2, 0) is 22.5 Å². The van der Waals surface area contributed by atoms with Crippen LogP contribution in [0, 0.1) is 0 Å². The van der Waals surface area contributed by atoms with Gasteiger partial charge in [0.05, 0.1) is 17.7 Å². The summed E-state index contributed by atoms with van der Waals surface area (Å²) in [5.41, 5.74) is 3.39. The molecule has 1 aromatic carbocycles. The number of hydrogen-bond acceptors (Lipinski definition) is 3. The predicted octanol–water partition coefficient (Wildman–Crippen LogP) is 4.11. The van der Waals surface area contributed by atoms with Gasteiger partial charge in [-0.3, -0.25) is 9.59 Å². The summed E-state index contributed by atoms with van der Waals surface area (Å²) in [7, 11) is 0. The third kappa shape index (κ3) is 3.39. The van der Waals surface area contributed by atoms with Gasteiger partial charge < -0.3 is 9.30 Å². The second-order valence-electron chi connectivity index (χ2n) is 6.87. The first-order valence-corrected chi connectivity index (χ1v) is 9.05. The van der Waals surface area contributed by atoms with Crippen LogP contribution in [0.2, 0.25) is 0 Å². The maximum Gasteiger partial charge on any atom is 0.315 e. The Morgan fingerprint density at radius 2 is 1.96 bits per heavy atom. The minimum atomic E-state index is -0.268. The van der Waals surface area contributed by atoms with Crippen molar-refractivity contribution < 1.29 is 14.3 Å². The zero-order valence-corrected chi connectivity index (χ0v) is 15.1. The number of nitrogens with zero attached hydrogens (tertiary/aromatic N) is 1. The molecule has 0 bridgehead atoms. The second kappa shape index (κ2) is 7.26. The Bertz CT molecular complexity index is 774. The number of ether oxygens (including phenoxy) is 1. The molecule has 1 unspecified atom stereocenters. The summed E-state index contributed by atoms with van der Waals surface area (Å²) < 4.78 is 7.44. The van der Waals surface area contributed by atoms with Crippen LogP contribution in [0.25, 0.3) is 0 Å². The number of fused-ring (bicyclic) bond motifs is 1. The average molecular weight is 339 g/mol. The van der Waals surface area contributed by atoms with Gasteiger partial charge in [0.25, 0.3) is 0 Å². The molecule has 4 nitrogen and oxygen atoms in total. The molecular formula is C21H25NO3.